The van der Waals surface area contributed by atoms with Gasteiger partial charge in [-0.2, -0.15) is 0 Å². The molecule has 0 saturated heterocycles. The van der Waals surface area contributed by atoms with Crippen LogP contribution in [0.1, 0.15) is 50.2 Å². The van der Waals surface area contributed by atoms with Crippen molar-refractivity contribution in [3.8, 4) is 0 Å². The van der Waals surface area contributed by atoms with Crippen molar-refractivity contribution in [1.29, 1.82) is 0 Å². The lowest BCUT2D eigenvalue weighted by Crippen LogP contribution is -2.16. The van der Waals surface area contributed by atoms with Crippen molar-refractivity contribution < 1.29 is 14.0 Å². The van der Waals surface area contributed by atoms with Crippen LogP contribution in [0.15, 0.2) is 24.5 Å². The minimum absolute atomic E-state index is 0.189. The first-order valence-electron chi connectivity index (χ1n) is 8.34. The highest BCUT2D eigenvalue weighted by Crippen LogP contribution is 2.27. The fourth-order valence-corrected chi connectivity index (χ4v) is 3.73. The lowest BCUT2D eigenvalue weighted by atomic mass is 10.1. The molecule has 3 aromatic rings. The first-order chi connectivity index (χ1) is 13.2. The molecule has 3 rings (SSSR count). The van der Waals surface area contributed by atoms with E-state index in [9.17, 15) is 14.0 Å². The number of thiazole rings is 2. The first-order valence-corrected chi connectivity index (χ1v) is 9.97. The third-order valence-corrected chi connectivity index (χ3v) is 5.91. The van der Waals surface area contributed by atoms with E-state index in [1.165, 1.54) is 29.7 Å². The molecule has 4 N–H and O–H groups in total. The summed E-state index contributed by atoms with van der Waals surface area (Å²) in [7, 11) is 0. The number of nitrogens with zero attached hydrogens (tertiary/aromatic N) is 2. The van der Waals surface area contributed by atoms with Gasteiger partial charge in [0, 0.05) is 16.8 Å². The molecule has 2 heterocycles. The molecular weight excluding hydrogens is 401 g/mol. The summed E-state index contributed by atoms with van der Waals surface area (Å²) >= 11 is 2.37. The highest BCUT2D eigenvalue weighted by atomic mass is 32.1. The summed E-state index contributed by atoms with van der Waals surface area (Å²) in [5.74, 6) is -1.48. The maximum absolute atomic E-state index is 14.4. The lowest BCUT2D eigenvalue weighted by molar-refractivity contribution is 0.101. The van der Waals surface area contributed by atoms with Crippen molar-refractivity contribution in [1.82, 2.24) is 9.97 Å². The van der Waals surface area contributed by atoms with Gasteiger partial charge in [-0.05, 0) is 30.5 Å². The molecule has 0 unspecified atom stereocenters. The van der Waals surface area contributed by atoms with Crippen LogP contribution in [0.25, 0.3) is 0 Å². The third-order valence-electron chi connectivity index (χ3n) is 3.87. The molecule has 0 fully saturated rings. The maximum Gasteiger partial charge on any atom is 0.267 e. The smallest absolute Gasteiger partial charge is 0.267 e. The number of aryl methyl sites for hydroxylation is 1. The standard InChI is InChI=1S/C18H18FN5O2S2/c1-8(2)13-6-22-18(28-13)24-15(25)10-5-12(9(3)4-11(10)19)23-16(26)14-7-21-17(20)27-14/h4-8H,1-3H3,(H2,20,21)(H,23,26)(H,22,24,25). The zero-order chi connectivity index (χ0) is 20.4. The van der Waals surface area contributed by atoms with Crippen molar-refractivity contribution in [2.45, 2.75) is 26.7 Å². The van der Waals surface area contributed by atoms with E-state index in [1.807, 2.05) is 13.8 Å². The Labute approximate surface area is 168 Å². The van der Waals surface area contributed by atoms with Gasteiger partial charge in [0.15, 0.2) is 10.3 Å². The zero-order valence-electron chi connectivity index (χ0n) is 15.4. The number of halogens is 1. The Hall–Kier alpha value is -2.85. The fourth-order valence-electron chi connectivity index (χ4n) is 2.33. The summed E-state index contributed by atoms with van der Waals surface area (Å²) in [6.45, 7) is 5.67. The number of benzene rings is 1. The number of hydrogen-bond donors (Lipinski definition) is 3. The number of amides is 2. The van der Waals surface area contributed by atoms with Crippen LogP contribution in [0.4, 0.5) is 20.3 Å². The minimum atomic E-state index is -0.685. The monoisotopic (exact) mass is 419 g/mol. The van der Waals surface area contributed by atoms with Gasteiger partial charge in [-0.3, -0.25) is 14.9 Å². The summed E-state index contributed by atoms with van der Waals surface area (Å²) in [5, 5.41) is 5.92. The van der Waals surface area contributed by atoms with Crippen LogP contribution < -0.4 is 16.4 Å². The molecule has 146 valence electrons. The maximum atomic E-state index is 14.4. The van der Waals surface area contributed by atoms with Gasteiger partial charge >= 0.3 is 0 Å². The average Bonchev–Trinajstić information content (AvgIpc) is 3.26. The van der Waals surface area contributed by atoms with E-state index in [2.05, 4.69) is 20.6 Å². The van der Waals surface area contributed by atoms with Crippen molar-refractivity contribution in [3.63, 3.8) is 0 Å². The van der Waals surface area contributed by atoms with Crippen LogP contribution in [0.5, 0.6) is 0 Å². The van der Waals surface area contributed by atoms with E-state index in [0.717, 1.165) is 16.2 Å². The summed E-state index contributed by atoms with van der Waals surface area (Å²) < 4.78 is 14.4. The molecule has 0 aliphatic heterocycles. The lowest BCUT2D eigenvalue weighted by Gasteiger charge is -2.11. The fraction of sp³-hybridized carbons (Fsp3) is 0.222. The van der Waals surface area contributed by atoms with Crippen LogP contribution in [0.3, 0.4) is 0 Å². The van der Waals surface area contributed by atoms with Crippen molar-refractivity contribution in [3.05, 3.63) is 51.2 Å². The number of carbonyl (C=O) groups excluding carboxylic acids is 2. The van der Waals surface area contributed by atoms with E-state index in [-0.39, 0.29) is 16.6 Å². The molecule has 2 aromatic heterocycles. The summed E-state index contributed by atoms with van der Waals surface area (Å²) in [6.07, 6.45) is 3.04. The molecule has 7 nitrogen and oxygen atoms in total. The summed E-state index contributed by atoms with van der Waals surface area (Å²) in [6, 6.07) is 2.51. The van der Waals surface area contributed by atoms with Crippen molar-refractivity contribution >= 4 is 50.4 Å². The van der Waals surface area contributed by atoms with Gasteiger partial charge in [0.2, 0.25) is 0 Å². The molecule has 0 aliphatic carbocycles. The van der Waals surface area contributed by atoms with Crippen LogP contribution >= 0.6 is 22.7 Å². The Bertz CT molecular complexity index is 1040. The molecule has 0 radical (unpaired) electrons. The number of nitrogens with two attached hydrogens (primary N) is 1. The van der Waals surface area contributed by atoms with Crippen LogP contribution in [0, 0.1) is 12.7 Å². The number of rotatable bonds is 5. The number of aromatic nitrogens is 2. The molecule has 10 heteroatoms. The largest absolute Gasteiger partial charge is 0.375 e. The van der Waals surface area contributed by atoms with Gasteiger partial charge in [0.25, 0.3) is 11.8 Å². The molecule has 28 heavy (non-hydrogen) atoms. The van der Waals surface area contributed by atoms with E-state index in [0.29, 0.717) is 21.3 Å². The second-order valence-corrected chi connectivity index (χ2v) is 8.46. The van der Waals surface area contributed by atoms with Gasteiger partial charge in [-0.15, -0.1) is 11.3 Å². The number of carbonyl (C=O) groups is 2. The van der Waals surface area contributed by atoms with Crippen molar-refractivity contribution in [2.75, 3.05) is 16.4 Å². The van der Waals surface area contributed by atoms with Gasteiger partial charge in [0.05, 0.1) is 11.8 Å². The highest BCUT2D eigenvalue weighted by molar-refractivity contribution is 7.17. The zero-order valence-corrected chi connectivity index (χ0v) is 17.0. The third kappa shape index (κ3) is 4.34. The normalized spacial score (nSPS) is 10.9. The van der Waals surface area contributed by atoms with Crippen molar-refractivity contribution in [2.24, 2.45) is 0 Å². The minimum Gasteiger partial charge on any atom is -0.375 e. The van der Waals surface area contributed by atoms with E-state index in [1.54, 1.807) is 13.1 Å². The Morgan fingerprint density at radius 1 is 1.11 bits per heavy atom. The van der Waals surface area contributed by atoms with Gasteiger partial charge in [0.1, 0.15) is 10.7 Å². The van der Waals surface area contributed by atoms with Gasteiger partial charge < -0.3 is 11.1 Å². The van der Waals surface area contributed by atoms with Crippen LogP contribution in [-0.2, 0) is 0 Å². The Kier molecular flexibility index (Phi) is 5.71. The Balaban J connectivity index is 1.81. The molecule has 0 spiro atoms. The molecule has 0 atom stereocenters. The first kappa shape index (κ1) is 19.9. The average molecular weight is 420 g/mol. The number of nitrogen functional groups attached to an aromatic ring is 1. The van der Waals surface area contributed by atoms with Gasteiger partial charge in [-0.1, -0.05) is 25.2 Å². The molecule has 0 bridgehead atoms. The molecule has 1 aromatic carbocycles. The van der Waals surface area contributed by atoms with E-state index in [4.69, 9.17) is 5.73 Å². The quantitative estimate of drug-likeness (QED) is 0.572. The predicted molar refractivity (Wildman–Crippen MR) is 110 cm³/mol. The second kappa shape index (κ2) is 8.03. The summed E-state index contributed by atoms with van der Waals surface area (Å²) in [5.41, 5.74) is 6.16. The number of anilines is 3. The van der Waals surface area contributed by atoms with Crippen LogP contribution in [-0.4, -0.2) is 21.8 Å². The Morgan fingerprint density at radius 2 is 1.86 bits per heavy atom. The molecule has 0 aliphatic rings. The predicted octanol–water partition coefficient (Wildman–Crippen LogP) is 4.26. The number of nitrogens with one attached hydrogen (secondary N) is 2. The summed E-state index contributed by atoms with van der Waals surface area (Å²) in [4.78, 5) is 34.1. The molecule has 0 saturated carbocycles. The topological polar surface area (TPSA) is 110 Å². The molecular formula is C18H18FN5O2S2. The van der Waals surface area contributed by atoms with Crippen LogP contribution in [0.2, 0.25) is 0 Å². The number of hydrogen-bond acceptors (Lipinski definition) is 7. The highest BCUT2D eigenvalue weighted by Gasteiger charge is 2.18. The second-order valence-electron chi connectivity index (χ2n) is 6.34. The van der Waals surface area contributed by atoms with E-state index >= 15 is 0 Å². The van der Waals surface area contributed by atoms with Gasteiger partial charge in [-0.25, -0.2) is 14.4 Å². The molecule has 2 amide bonds. The van der Waals surface area contributed by atoms with E-state index < -0.39 is 17.6 Å². The Morgan fingerprint density at radius 3 is 2.46 bits per heavy atom. The SMILES string of the molecule is Cc1cc(F)c(C(=O)Nc2ncc(C(C)C)s2)cc1NC(=O)c1cnc(N)s1.